The fraction of sp³-hybridized carbons (Fsp3) is 0.727. The van der Waals surface area contributed by atoms with Crippen molar-refractivity contribution in [2.45, 2.75) is 38.9 Å². The molecule has 19 heavy (non-hydrogen) atoms. The van der Waals surface area contributed by atoms with E-state index in [1.54, 1.807) is 20.8 Å². The first-order valence-corrected chi connectivity index (χ1v) is 7.64. The van der Waals surface area contributed by atoms with Crippen LogP contribution in [0.4, 0.5) is 0 Å². The molecule has 0 aromatic rings. The Hall–Kier alpha value is -1.44. The van der Waals surface area contributed by atoms with Gasteiger partial charge >= 0.3 is 5.97 Å². The molecule has 2 amide bonds. The van der Waals surface area contributed by atoms with Crippen molar-refractivity contribution >= 4 is 27.6 Å². The van der Waals surface area contributed by atoms with Crippen molar-refractivity contribution in [3.63, 3.8) is 0 Å². The third kappa shape index (κ3) is 4.02. The molecule has 0 saturated carbocycles. The molecule has 1 atom stereocenters. The zero-order valence-corrected chi connectivity index (χ0v) is 12.1. The van der Waals surface area contributed by atoms with Crippen LogP contribution >= 0.6 is 0 Å². The molecular formula is C11H17NO6S. The fourth-order valence-electron chi connectivity index (χ4n) is 1.58. The zero-order chi connectivity index (χ0) is 15.0. The molecule has 0 bridgehead atoms. The maximum Gasteiger partial charge on any atom is 0.333 e. The minimum Gasteiger partial charge on any atom is -0.330 e. The van der Waals surface area contributed by atoms with Gasteiger partial charge in [0.05, 0.1) is 12.8 Å². The normalized spacial score (nSPS) is 20.8. The van der Waals surface area contributed by atoms with Gasteiger partial charge in [-0.15, -0.1) is 5.06 Å². The van der Waals surface area contributed by atoms with Crippen molar-refractivity contribution < 1.29 is 27.6 Å². The molecule has 1 aliphatic heterocycles. The summed E-state index contributed by atoms with van der Waals surface area (Å²) in [7, 11) is -3.69. The molecule has 0 radical (unpaired) electrons. The highest BCUT2D eigenvalue weighted by Gasteiger charge is 2.47. The van der Waals surface area contributed by atoms with Gasteiger partial charge in [-0.1, -0.05) is 20.8 Å². The number of carbonyl (C=O) groups is 3. The Morgan fingerprint density at radius 3 is 2.26 bits per heavy atom. The van der Waals surface area contributed by atoms with E-state index in [0.717, 1.165) is 6.26 Å². The monoisotopic (exact) mass is 291 g/mol. The second kappa shape index (κ2) is 4.92. The Bertz CT molecular complexity index is 516. The summed E-state index contributed by atoms with van der Waals surface area (Å²) in [6, 6.07) is 0. The van der Waals surface area contributed by atoms with E-state index in [0.29, 0.717) is 0 Å². The van der Waals surface area contributed by atoms with Crippen LogP contribution in [0.3, 0.4) is 0 Å². The lowest BCUT2D eigenvalue weighted by Gasteiger charge is -2.19. The highest BCUT2D eigenvalue weighted by Crippen LogP contribution is 2.23. The molecule has 1 saturated heterocycles. The first-order chi connectivity index (χ1) is 8.42. The van der Waals surface area contributed by atoms with E-state index in [1.807, 2.05) is 0 Å². The number of hydrogen-bond donors (Lipinski definition) is 0. The van der Waals surface area contributed by atoms with Crippen molar-refractivity contribution in [1.82, 2.24) is 5.06 Å². The third-order valence-electron chi connectivity index (χ3n) is 2.45. The van der Waals surface area contributed by atoms with E-state index in [4.69, 9.17) is 0 Å². The van der Waals surface area contributed by atoms with Crippen LogP contribution in [0.25, 0.3) is 0 Å². The molecule has 0 aromatic heterocycles. The fourth-order valence-corrected chi connectivity index (χ4v) is 2.49. The molecule has 7 nitrogen and oxygen atoms in total. The Morgan fingerprint density at radius 2 is 1.89 bits per heavy atom. The Morgan fingerprint density at radius 1 is 1.37 bits per heavy atom. The summed E-state index contributed by atoms with van der Waals surface area (Å²) in [5, 5.41) is -1.19. The SMILES string of the molecule is CC(C)(C)CC(=O)ON1C(=O)CC(S(C)(=O)=O)C1=O. The Labute approximate surface area is 111 Å². The Kier molecular flexibility index (Phi) is 4.04. The van der Waals surface area contributed by atoms with Gasteiger partial charge in [-0.25, -0.2) is 13.2 Å². The molecule has 1 aliphatic rings. The number of nitrogens with zero attached hydrogens (tertiary/aromatic N) is 1. The van der Waals surface area contributed by atoms with Gasteiger partial charge in [-0.2, -0.15) is 0 Å². The van der Waals surface area contributed by atoms with Crippen LogP contribution in [0.5, 0.6) is 0 Å². The lowest BCUT2D eigenvalue weighted by Crippen LogP contribution is -2.37. The van der Waals surface area contributed by atoms with E-state index < -0.39 is 39.3 Å². The van der Waals surface area contributed by atoms with Crippen LogP contribution in [0.2, 0.25) is 0 Å². The van der Waals surface area contributed by atoms with Gasteiger partial charge in [0.25, 0.3) is 11.8 Å². The van der Waals surface area contributed by atoms with Gasteiger partial charge in [-0.3, -0.25) is 9.59 Å². The molecule has 108 valence electrons. The number of sulfone groups is 1. The molecule has 0 N–H and O–H groups in total. The number of imide groups is 1. The molecule has 1 heterocycles. The standard InChI is InChI=1S/C11H17NO6S/c1-11(2,3)6-9(14)18-12-8(13)5-7(10(12)15)19(4,16)17/h7H,5-6H2,1-4H3. The summed E-state index contributed by atoms with van der Waals surface area (Å²) in [6.45, 7) is 5.38. The van der Waals surface area contributed by atoms with E-state index in [1.165, 1.54) is 0 Å². The van der Waals surface area contributed by atoms with Crippen molar-refractivity contribution in [3.05, 3.63) is 0 Å². The summed E-state index contributed by atoms with van der Waals surface area (Å²) < 4.78 is 22.6. The molecule has 0 spiro atoms. The van der Waals surface area contributed by atoms with Crippen LogP contribution in [0.1, 0.15) is 33.6 Å². The summed E-state index contributed by atoms with van der Waals surface area (Å²) in [4.78, 5) is 39.4. The number of rotatable bonds is 3. The first kappa shape index (κ1) is 15.6. The van der Waals surface area contributed by atoms with Crippen LogP contribution in [-0.4, -0.2) is 42.8 Å². The largest absolute Gasteiger partial charge is 0.333 e. The maximum atomic E-state index is 11.7. The summed E-state index contributed by atoms with van der Waals surface area (Å²) in [5.74, 6) is -2.57. The van der Waals surface area contributed by atoms with E-state index in [-0.39, 0.29) is 16.9 Å². The van der Waals surface area contributed by atoms with Crippen molar-refractivity contribution in [3.8, 4) is 0 Å². The molecule has 0 aliphatic carbocycles. The zero-order valence-electron chi connectivity index (χ0n) is 11.3. The molecule has 1 rings (SSSR count). The topological polar surface area (TPSA) is 97.8 Å². The van der Waals surface area contributed by atoms with Gasteiger partial charge in [0.2, 0.25) is 0 Å². The summed E-state index contributed by atoms with van der Waals surface area (Å²) >= 11 is 0. The minimum atomic E-state index is -3.69. The van der Waals surface area contributed by atoms with Gasteiger partial charge in [0, 0.05) is 6.26 Å². The average molecular weight is 291 g/mol. The van der Waals surface area contributed by atoms with Gasteiger partial charge in [0.15, 0.2) is 15.1 Å². The van der Waals surface area contributed by atoms with Crippen LogP contribution in [0, 0.1) is 5.41 Å². The second-order valence-corrected chi connectivity index (χ2v) is 7.98. The maximum absolute atomic E-state index is 11.7. The van der Waals surface area contributed by atoms with Crippen molar-refractivity contribution in [2.24, 2.45) is 5.41 Å². The van der Waals surface area contributed by atoms with Crippen LogP contribution in [-0.2, 0) is 29.1 Å². The van der Waals surface area contributed by atoms with Crippen molar-refractivity contribution in [2.75, 3.05) is 6.26 Å². The van der Waals surface area contributed by atoms with Crippen molar-refractivity contribution in [1.29, 1.82) is 0 Å². The van der Waals surface area contributed by atoms with Crippen LogP contribution < -0.4 is 0 Å². The van der Waals surface area contributed by atoms with Gasteiger partial charge in [0.1, 0.15) is 0 Å². The molecule has 1 fully saturated rings. The lowest BCUT2D eigenvalue weighted by molar-refractivity contribution is -0.198. The van der Waals surface area contributed by atoms with E-state index >= 15 is 0 Å². The molecule has 1 unspecified atom stereocenters. The molecule has 0 aromatic carbocycles. The molecular weight excluding hydrogens is 274 g/mol. The number of amides is 2. The van der Waals surface area contributed by atoms with Gasteiger partial charge < -0.3 is 4.84 Å². The Balaban J connectivity index is 2.78. The summed E-state index contributed by atoms with van der Waals surface area (Å²) in [5.41, 5.74) is -0.362. The lowest BCUT2D eigenvalue weighted by atomic mass is 9.93. The minimum absolute atomic E-state index is 0.00754. The van der Waals surface area contributed by atoms with E-state index in [2.05, 4.69) is 4.84 Å². The number of carbonyl (C=O) groups excluding carboxylic acids is 3. The molecule has 8 heteroatoms. The smallest absolute Gasteiger partial charge is 0.330 e. The average Bonchev–Trinajstić information content (AvgIpc) is 2.41. The highest BCUT2D eigenvalue weighted by molar-refractivity contribution is 7.92. The number of hydroxylamine groups is 2. The predicted molar refractivity (Wildman–Crippen MR) is 65.3 cm³/mol. The highest BCUT2D eigenvalue weighted by atomic mass is 32.2. The predicted octanol–water partition coefficient (Wildman–Crippen LogP) is 0.0529. The number of hydrogen-bond acceptors (Lipinski definition) is 6. The quantitative estimate of drug-likeness (QED) is 0.682. The van der Waals surface area contributed by atoms with Crippen LogP contribution in [0.15, 0.2) is 0 Å². The van der Waals surface area contributed by atoms with Gasteiger partial charge in [-0.05, 0) is 5.41 Å². The van der Waals surface area contributed by atoms with E-state index in [9.17, 15) is 22.8 Å². The first-order valence-electron chi connectivity index (χ1n) is 5.68. The second-order valence-electron chi connectivity index (χ2n) is 5.75. The third-order valence-corrected chi connectivity index (χ3v) is 3.85. The summed E-state index contributed by atoms with van der Waals surface area (Å²) in [6.07, 6.45) is 0.386.